The van der Waals surface area contributed by atoms with Gasteiger partial charge in [0.15, 0.2) is 0 Å². The van der Waals surface area contributed by atoms with Gasteiger partial charge in [0.2, 0.25) is 5.91 Å². The van der Waals surface area contributed by atoms with Gasteiger partial charge in [-0.05, 0) is 31.3 Å². The lowest BCUT2D eigenvalue weighted by Crippen LogP contribution is -2.57. The van der Waals surface area contributed by atoms with Gasteiger partial charge in [-0.1, -0.05) is 15.9 Å². The summed E-state index contributed by atoms with van der Waals surface area (Å²) in [6, 6.07) is 8.08. The Labute approximate surface area is 122 Å². The third-order valence-corrected chi connectivity index (χ3v) is 3.43. The van der Waals surface area contributed by atoms with E-state index in [1.165, 1.54) is 0 Å². The normalized spacial score (nSPS) is 14.8. The van der Waals surface area contributed by atoms with Crippen molar-refractivity contribution in [2.75, 3.05) is 32.0 Å². The Bertz CT molecular complexity index is 395. The minimum absolute atomic E-state index is 0. The number of nitrogens with zero attached hydrogens (tertiary/aromatic N) is 1. The van der Waals surface area contributed by atoms with Crippen LogP contribution in [-0.2, 0) is 4.79 Å². The van der Waals surface area contributed by atoms with Crippen LogP contribution in [0.1, 0.15) is 0 Å². The second-order valence-corrected chi connectivity index (χ2v) is 5.20. The Morgan fingerprint density at radius 2 is 2.06 bits per heavy atom. The van der Waals surface area contributed by atoms with Crippen molar-refractivity contribution in [2.45, 2.75) is 6.04 Å². The first kappa shape index (κ1) is 15.4. The maximum absolute atomic E-state index is 11.8. The molecule has 0 aromatic heterocycles. The van der Waals surface area contributed by atoms with Crippen molar-refractivity contribution in [3.63, 3.8) is 0 Å². The third-order valence-electron chi connectivity index (χ3n) is 2.90. The van der Waals surface area contributed by atoms with Crippen LogP contribution < -0.4 is 10.6 Å². The summed E-state index contributed by atoms with van der Waals surface area (Å²) in [6.45, 7) is 2.38. The highest BCUT2D eigenvalue weighted by Crippen LogP contribution is 2.14. The van der Waals surface area contributed by atoms with E-state index in [0.29, 0.717) is 12.6 Å². The summed E-state index contributed by atoms with van der Waals surface area (Å²) in [7, 11) is 1.98. The second-order valence-electron chi connectivity index (χ2n) is 4.28. The van der Waals surface area contributed by atoms with Crippen LogP contribution in [0.2, 0.25) is 0 Å². The van der Waals surface area contributed by atoms with E-state index in [2.05, 4.69) is 31.5 Å². The van der Waals surface area contributed by atoms with Gasteiger partial charge in [0.05, 0.1) is 6.54 Å². The van der Waals surface area contributed by atoms with Crippen molar-refractivity contribution in [3.8, 4) is 0 Å². The number of amides is 1. The molecule has 0 unspecified atom stereocenters. The molecule has 1 aromatic carbocycles. The monoisotopic (exact) mass is 333 g/mol. The fraction of sp³-hybridized carbons (Fsp3) is 0.417. The van der Waals surface area contributed by atoms with Crippen LogP contribution in [0.4, 0.5) is 5.69 Å². The fourth-order valence-electron chi connectivity index (χ4n) is 1.67. The van der Waals surface area contributed by atoms with Crippen LogP contribution >= 0.6 is 28.3 Å². The predicted octanol–water partition coefficient (Wildman–Crippen LogP) is 1.71. The Morgan fingerprint density at radius 1 is 1.44 bits per heavy atom. The van der Waals surface area contributed by atoms with Gasteiger partial charge in [-0.3, -0.25) is 9.69 Å². The van der Waals surface area contributed by atoms with Crippen LogP contribution in [-0.4, -0.2) is 43.5 Å². The first-order valence-corrected chi connectivity index (χ1v) is 6.41. The lowest BCUT2D eigenvalue weighted by molar-refractivity contribution is -0.117. The number of hydrogen-bond acceptors (Lipinski definition) is 3. The number of halogens is 2. The van der Waals surface area contributed by atoms with Gasteiger partial charge < -0.3 is 10.6 Å². The van der Waals surface area contributed by atoms with Gasteiger partial charge in [0, 0.05) is 29.3 Å². The van der Waals surface area contributed by atoms with Crippen LogP contribution in [0.25, 0.3) is 0 Å². The predicted molar refractivity (Wildman–Crippen MR) is 79.3 cm³/mol. The van der Waals surface area contributed by atoms with Crippen molar-refractivity contribution in [3.05, 3.63) is 28.7 Å². The van der Waals surface area contributed by atoms with E-state index in [1.54, 1.807) is 0 Å². The molecule has 1 fully saturated rings. The summed E-state index contributed by atoms with van der Waals surface area (Å²) >= 11 is 3.36. The molecule has 0 radical (unpaired) electrons. The average Bonchev–Trinajstić information content (AvgIpc) is 2.18. The van der Waals surface area contributed by atoms with E-state index in [0.717, 1.165) is 23.2 Å². The lowest BCUT2D eigenvalue weighted by atomic mass is 10.1. The van der Waals surface area contributed by atoms with Crippen molar-refractivity contribution in [1.82, 2.24) is 10.2 Å². The van der Waals surface area contributed by atoms with Crippen LogP contribution in [0.5, 0.6) is 0 Å². The van der Waals surface area contributed by atoms with Gasteiger partial charge in [0.1, 0.15) is 0 Å². The Balaban J connectivity index is 0.00000162. The SMILES string of the molecule is CN(CC(=O)Nc1ccc(Br)cc1)C1CNC1.Cl. The molecule has 4 nitrogen and oxygen atoms in total. The maximum atomic E-state index is 11.8. The Kier molecular flexibility index (Phi) is 6.08. The topological polar surface area (TPSA) is 44.4 Å². The molecule has 1 amide bonds. The molecule has 2 N–H and O–H groups in total. The summed E-state index contributed by atoms with van der Waals surface area (Å²) in [6.07, 6.45) is 0. The Morgan fingerprint density at radius 3 is 2.56 bits per heavy atom. The van der Waals surface area contributed by atoms with Crippen molar-refractivity contribution >= 4 is 39.9 Å². The van der Waals surface area contributed by atoms with Gasteiger partial charge >= 0.3 is 0 Å². The Hall–Kier alpha value is -0.620. The molecular weight excluding hydrogens is 318 g/mol. The first-order chi connectivity index (χ1) is 8.15. The van der Waals surface area contributed by atoms with Crippen LogP contribution in [0.15, 0.2) is 28.7 Å². The van der Waals surface area contributed by atoms with Gasteiger partial charge in [-0.25, -0.2) is 0 Å². The van der Waals surface area contributed by atoms with E-state index in [-0.39, 0.29) is 18.3 Å². The first-order valence-electron chi connectivity index (χ1n) is 5.61. The molecule has 0 bridgehead atoms. The molecule has 1 aliphatic heterocycles. The summed E-state index contributed by atoms with van der Waals surface area (Å²) in [5.74, 6) is 0.0294. The number of benzene rings is 1. The van der Waals surface area contributed by atoms with Crippen LogP contribution in [0.3, 0.4) is 0 Å². The zero-order valence-corrected chi connectivity index (χ0v) is 12.6. The van der Waals surface area contributed by atoms with E-state index < -0.39 is 0 Å². The molecule has 1 heterocycles. The van der Waals surface area contributed by atoms with Gasteiger partial charge in [-0.2, -0.15) is 0 Å². The summed E-state index contributed by atoms with van der Waals surface area (Å²) in [4.78, 5) is 13.8. The highest BCUT2D eigenvalue weighted by Gasteiger charge is 2.22. The second kappa shape index (κ2) is 7.09. The molecule has 6 heteroatoms. The molecule has 100 valence electrons. The molecule has 0 spiro atoms. The summed E-state index contributed by atoms with van der Waals surface area (Å²) in [5, 5.41) is 6.07. The molecular formula is C12H17BrClN3O. The van der Waals surface area contributed by atoms with E-state index in [9.17, 15) is 4.79 Å². The number of nitrogens with one attached hydrogen (secondary N) is 2. The quantitative estimate of drug-likeness (QED) is 0.881. The molecule has 18 heavy (non-hydrogen) atoms. The molecule has 1 saturated heterocycles. The largest absolute Gasteiger partial charge is 0.325 e. The number of likely N-dealkylation sites (N-methyl/N-ethyl adjacent to an activating group) is 1. The maximum Gasteiger partial charge on any atom is 0.238 e. The molecule has 1 aliphatic rings. The lowest BCUT2D eigenvalue weighted by Gasteiger charge is -2.35. The standard InChI is InChI=1S/C12H16BrN3O.ClH/c1-16(11-6-14-7-11)8-12(17)15-10-4-2-9(13)3-5-10;/h2-5,11,14H,6-8H2,1H3,(H,15,17);1H. The summed E-state index contributed by atoms with van der Waals surface area (Å²) < 4.78 is 1.01. The van der Waals surface area contributed by atoms with E-state index in [1.807, 2.05) is 31.3 Å². The number of hydrogen-bond donors (Lipinski definition) is 2. The molecule has 1 aromatic rings. The minimum Gasteiger partial charge on any atom is -0.325 e. The highest BCUT2D eigenvalue weighted by molar-refractivity contribution is 9.10. The van der Waals surface area contributed by atoms with Crippen molar-refractivity contribution < 1.29 is 4.79 Å². The number of carbonyl (C=O) groups excluding carboxylic acids is 1. The van der Waals surface area contributed by atoms with Crippen molar-refractivity contribution in [2.24, 2.45) is 0 Å². The molecule has 2 rings (SSSR count). The number of rotatable bonds is 4. The average molecular weight is 335 g/mol. The molecule has 0 aliphatic carbocycles. The number of anilines is 1. The fourth-order valence-corrected chi connectivity index (χ4v) is 1.94. The third kappa shape index (κ3) is 4.24. The smallest absolute Gasteiger partial charge is 0.238 e. The zero-order chi connectivity index (χ0) is 12.3. The minimum atomic E-state index is 0. The molecule has 0 atom stereocenters. The van der Waals surface area contributed by atoms with Crippen molar-refractivity contribution in [1.29, 1.82) is 0 Å². The van der Waals surface area contributed by atoms with E-state index >= 15 is 0 Å². The number of carbonyl (C=O) groups is 1. The zero-order valence-electron chi connectivity index (χ0n) is 10.1. The van der Waals surface area contributed by atoms with Crippen LogP contribution in [0, 0.1) is 0 Å². The highest BCUT2D eigenvalue weighted by atomic mass is 79.9. The van der Waals surface area contributed by atoms with Gasteiger partial charge in [0.25, 0.3) is 0 Å². The summed E-state index contributed by atoms with van der Waals surface area (Å²) in [5.41, 5.74) is 0.832. The van der Waals surface area contributed by atoms with Gasteiger partial charge in [-0.15, -0.1) is 12.4 Å². The van der Waals surface area contributed by atoms with E-state index in [4.69, 9.17) is 0 Å². The molecule has 0 saturated carbocycles.